The van der Waals surface area contributed by atoms with Gasteiger partial charge in [0.05, 0.1) is 11.4 Å². The molecular formula is C20H18N2O5S2. The summed E-state index contributed by atoms with van der Waals surface area (Å²) in [6.45, 7) is 1.22. The van der Waals surface area contributed by atoms with Crippen molar-refractivity contribution in [2.75, 3.05) is 17.9 Å². The number of nitrogens with one attached hydrogen (secondary N) is 2. The average molecular weight is 431 g/mol. The zero-order valence-electron chi connectivity index (χ0n) is 15.3. The van der Waals surface area contributed by atoms with E-state index in [1.54, 1.807) is 35.6 Å². The number of amides is 1. The van der Waals surface area contributed by atoms with Crippen LogP contribution in [-0.2, 0) is 16.6 Å². The highest BCUT2D eigenvalue weighted by atomic mass is 32.2. The SMILES string of the molecule is O=C(NCc1cccs1)c1cccc(NS(=O)(=O)c2ccc3c(c2)OCCO3)c1. The Bertz CT molecular complexity index is 1130. The molecule has 0 fully saturated rings. The van der Waals surface area contributed by atoms with E-state index in [2.05, 4.69) is 10.0 Å². The third-order valence-corrected chi connectivity index (χ3v) is 6.46. The number of ether oxygens (including phenoxy) is 2. The van der Waals surface area contributed by atoms with Crippen LogP contribution in [0.15, 0.2) is 64.9 Å². The molecule has 1 aromatic heterocycles. The second-order valence-electron chi connectivity index (χ2n) is 6.25. The molecule has 3 aromatic rings. The van der Waals surface area contributed by atoms with E-state index in [9.17, 15) is 13.2 Å². The molecule has 7 nitrogen and oxygen atoms in total. The van der Waals surface area contributed by atoms with Gasteiger partial charge in [-0.2, -0.15) is 0 Å². The summed E-state index contributed by atoms with van der Waals surface area (Å²) < 4.78 is 38.9. The number of carbonyl (C=O) groups is 1. The number of thiophene rings is 1. The average Bonchev–Trinajstić information content (AvgIpc) is 3.25. The van der Waals surface area contributed by atoms with E-state index in [1.807, 2.05) is 17.5 Å². The molecule has 0 spiro atoms. The van der Waals surface area contributed by atoms with Crippen molar-refractivity contribution in [3.8, 4) is 11.5 Å². The third kappa shape index (κ3) is 4.52. The highest BCUT2D eigenvalue weighted by molar-refractivity contribution is 7.92. The lowest BCUT2D eigenvalue weighted by atomic mass is 10.2. The van der Waals surface area contributed by atoms with Gasteiger partial charge in [-0.05, 0) is 41.8 Å². The van der Waals surface area contributed by atoms with E-state index in [0.29, 0.717) is 42.5 Å². The van der Waals surface area contributed by atoms with Crippen molar-refractivity contribution in [2.45, 2.75) is 11.4 Å². The lowest BCUT2D eigenvalue weighted by Crippen LogP contribution is -2.22. The van der Waals surface area contributed by atoms with E-state index < -0.39 is 10.0 Å². The molecular weight excluding hydrogens is 412 g/mol. The maximum Gasteiger partial charge on any atom is 0.262 e. The summed E-state index contributed by atoms with van der Waals surface area (Å²) in [5, 5.41) is 4.76. The quantitative estimate of drug-likeness (QED) is 0.626. The summed E-state index contributed by atoms with van der Waals surface area (Å²) in [7, 11) is -3.85. The number of hydrogen-bond acceptors (Lipinski definition) is 6. The Kier molecular flexibility index (Phi) is 5.41. The van der Waals surface area contributed by atoms with Gasteiger partial charge in [-0.25, -0.2) is 8.42 Å². The summed E-state index contributed by atoms with van der Waals surface area (Å²) in [4.78, 5) is 13.5. The Hall–Kier alpha value is -3.04. The molecule has 0 saturated heterocycles. The first-order chi connectivity index (χ1) is 14.0. The molecule has 9 heteroatoms. The van der Waals surface area contributed by atoms with Crippen LogP contribution in [0, 0.1) is 0 Å². The molecule has 0 unspecified atom stereocenters. The van der Waals surface area contributed by atoms with E-state index in [4.69, 9.17) is 9.47 Å². The maximum atomic E-state index is 12.7. The zero-order valence-corrected chi connectivity index (χ0v) is 16.9. The van der Waals surface area contributed by atoms with Crippen LogP contribution in [0.1, 0.15) is 15.2 Å². The Morgan fingerprint density at radius 2 is 1.83 bits per heavy atom. The fourth-order valence-corrected chi connectivity index (χ4v) is 4.52. The molecule has 0 atom stereocenters. The molecule has 0 aliphatic carbocycles. The van der Waals surface area contributed by atoms with Gasteiger partial charge < -0.3 is 14.8 Å². The van der Waals surface area contributed by atoms with Crippen LogP contribution < -0.4 is 19.5 Å². The van der Waals surface area contributed by atoms with Gasteiger partial charge in [-0.3, -0.25) is 9.52 Å². The number of fused-ring (bicyclic) bond motifs is 1. The highest BCUT2D eigenvalue weighted by Gasteiger charge is 2.20. The van der Waals surface area contributed by atoms with Gasteiger partial charge in [-0.15, -0.1) is 11.3 Å². The molecule has 2 aromatic carbocycles. The molecule has 2 N–H and O–H groups in total. The monoisotopic (exact) mass is 430 g/mol. The van der Waals surface area contributed by atoms with Gasteiger partial charge in [0, 0.05) is 22.2 Å². The van der Waals surface area contributed by atoms with E-state index in [1.165, 1.54) is 18.2 Å². The lowest BCUT2D eigenvalue weighted by Gasteiger charge is -2.19. The van der Waals surface area contributed by atoms with Gasteiger partial charge in [0.15, 0.2) is 11.5 Å². The smallest absolute Gasteiger partial charge is 0.262 e. The van der Waals surface area contributed by atoms with Crippen molar-refractivity contribution in [1.29, 1.82) is 0 Å². The maximum absolute atomic E-state index is 12.7. The molecule has 1 aliphatic rings. The zero-order chi connectivity index (χ0) is 20.3. The Morgan fingerprint density at radius 1 is 1.00 bits per heavy atom. The summed E-state index contributed by atoms with van der Waals surface area (Å²) in [6, 6.07) is 14.6. The minimum absolute atomic E-state index is 0.0503. The second kappa shape index (κ2) is 8.14. The van der Waals surface area contributed by atoms with Crippen molar-refractivity contribution in [3.63, 3.8) is 0 Å². The topological polar surface area (TPSA) is 93.7 Å². The summed E-state index contributed by atoms with van der Waals surface area (Å²) in [5.74, 6) is 0.624. The van der Waals surface area contributed by atoms with Crippen molar-refractivity contribution in [2.24, 2.45) is 0 Å². The Labute approximate surface area is 172 Å². The number of rotatable bonds is 6. The predicted octanol–water partition coefficient (Wildman–Crippen LogP) is 3.25. The fourth-order valence-electron chi connectivity index (χ4n) is 2.81. The lowest BCUT2D eigenvalue weighted by molar-refractivity contribution is 0.0951. The minimum Gasteiger partial charge on any atom is -0.486 e. The van der Waals surface area contributed by atoms with Gasteiger partial charge >= 0.3 is 0 Å². The molecule has 29 heavy (non-hydrogen) atoms. The molecule has 0 saturated carbocycles. The highest BCUT2D eigenvalue weighted by Crippen LogP contribution is 2.32. The largest absolute Gasteiger partial charge is 0.486 e. The molecule has 0 radical (unpaired) electrons. The van der Waals surface area contributed by atoms with E-state index >= 15 is 0 Å². The first kappa shape index (κ1) is 19.3. The van der Waals surface area contributed by atoms with Crippen molar-refractivity contribution in [1.82, 2.24) is 5.32 Å². The Balaban J connectivity index is 1.48. The molecule has 4 rings (SSSR count). The Morgan fingerprint density at radius 3 is 2.62 bits per heavy atom. The first-order valence-corrected chi connectivity index (χ1v) is 11.2. The van der Waals surface area contributed by atoms with Crippen LogP contribution in [0.2, 0.25) is 0 Å². The summed E-state index contributed by atoms with van der Waals surface area (Å²) in [6.07, 6.45) is 0. The van der Waals surface area contributed by atoms with Gasteiger partial charge in [0.1, 0.15) is 13.2 Å². The second-order valence-corrected chi connectivity index (χ2v) is 8.97. The van der Waals surface area contributed by atoms with Gasteiger partial charge in [0.25, 0.3) is 15.9 Å². The normalized spacial score (nSPS) is 13.0. The van der Waals surface area contributed by atoms with Crippen LogP contribution in [0.3, 0.4) is 0 Å². The van der Waals surface area contributed by atoms with Crippen molar-refractivity contribution < 1.29 is 22.7 Å². The molecule has 0 bridgehead atoms. The number of carbonyl (C=O) groups excluding carboxylic acids is 1. The summed E-state index contributed by atoms with van der Waals surface area (Å²) in [5.41, 5.74) is 0.660. The molecule has 2 heterocycles. The predicted molar refractivity (Wildman–Crippen MR) is 110 cm³/mol. The third-order valence-electron chi connectivity index (χ3n) is 4.20. The van der Waals surface area contributed by atoms with Crippen LogP contribution in [0.4, 0.5) is 5.69 Å². The number of benzene rings is 2. The van der Waals surface area contributed by atoms with Gasteiger partial charge in [-0.1, -0.05) is 12.1 Å². The van der Waals surface area contributed by atoms with Crippen LogP contribution in [0.25, 0.3) is 0 Å². The van der Waals surface area contributed by atoms with E-state index in [-0.39, 0.29) is 10.8 Å². The van der Waals surface area contributed by atoms with Crippen molar-refractivity contribution >= 4 is 33.0 Å². The molecule has 1 amide bonds. The number of hydrogen-bond donors (Lipinski definition) is 2. The minimum atomic E-state index is -3.85. The van der Waals surface area contributed by atoms with E-state index in [0.717, 1.165) is 4.88 Å². The molecule has 150 valence electrons. The fraction of sp³-hybridized carbons (Fsp3) is 0.150. The van der Waals surface area contributed by atoms with Crippen LogP contribution in [0.5, 0.6) is 11.5 Å². The standard InChI is InChI=1S/C20H18N2O5S2/c23-20(21-13-16-5-2-10-28-16)14-3-1-4-15(11-14)22-29(24,25)17-6-7-18-19(12-17)27-9-8-26-18/h1-7,10-12,22H,8-9,13H2,(H,21,23). The molecule has 1 aliphatic heterocycles. The number of anilines is 1. The number of sulfonamides is 1. The first-order valence-electron chi connectivity index (χ1n) is 8.84. The van der Waals surface area contributed by atoms with Crippen LogP contribution in [-0.4, -0.2) is 27.5 Å². The van der Waals surface area contributed by atoms with Crippen LogP contribution >= 0.6 is 11.3 Å². The van der Waals surface area contributed by atoms with Crippen molar-refractivity contribution in [3.05, 3.63) is 70.4 Å². The summed E-state index contributed by atoms with van der Waals surface area (Å²) >= 11 is 1.55. The van der Waals surface area contributed by atoms with Gasteiger partial charge in [0.2, 0.25) is 0 Å².